The summed E-state index contributed by atoms with van der Waals surface area (Å²) >= 11 is 0. The summed E-state index contributed by atoms with van der Waals surface area (Å²) in [6.07, 6.45) is 1.90. The maximum Gasteiger partial charge on any atom is 0.356 e. The normalized spacial score (nSPS) is 17.3. The van der Waals surface area contributed by atoms with Gasteiger partial charge in [0.25, 0.3) is 11.8 Å². The topological polar surface area (TPSA) is 99.2 Å². The third-order valence-corrected chi connectivity index (χ3v) is 2.68. The lowest BCUT2D eigenvalue weighted by molar-refractivity contribution is -0.194. The van der Waals surface area contributed by atoms with Crippen LogP contribution in [-0.4, -0.2) is 48.6 Å². The second kappa shape index (κ2) is 8.73. The van der Waals surface area contributed by atoms with Crippen molar-refractivity contribution < 1.29 is 33.5 Å². The predicted molar refractivity (Wildman–Crippen MR) is 72.8 cm³/mol. The van der Waals surface area contributed by atoms with E-state index in [9.17, 15) is 19.2 Å². The number of hydrogen-bond donors (Lipinski definition) is 0. The van der Waals surface area contributed by atoms with Crippen molar-refractivity contribution in [1.29, 1.82) is 0 Å². The first kappa shape index (κ1) is 17.6. The Hall–Kier alpha value is -2.48. The van der Waals surface area contributed by atoms with E-state index in [1.54, 1.807) is 6.08 Å². The molecule has 1 unspecified atom stereocenters. The molecule has 0 aromatic carbocycles. The molecule has 0 saturated carbocycles. The van der Waals surface area contributed by atoms with E-state index in [1.807, 2.05) is 0 Å². The van der Waals surface area contributed by atoms with Gasteiger partial charge in [-0.25, -0.2) is 4.79 Å². The van der Waals surface area contributed by atoms with E-state index in [4.69, 9.17) is 9.47 Å². The molecule has 0 aromatic rings. The van der Waals surface area contributed by atoms with Crippen LogP contribution in [0.25, 0.3) is 0 Å². The minimum absolute atomic E-state index is 0.0384. The van der Waals surface area contributed by atoms with Crippen LogP contribution in [0.15, 0.2) is 25.3 Å². The number of carbonyl (C=O) groups excluding carboxylic acids is 4. The summed E-state index contributed by atoms with van der Waals surface area (Å²) in [6.45, 7) is 7.21. The van der Waals surface area contributed by atoms with Crippen molar-refractivity contribution in [2.24, 2.45) is 5.92 Å². The molecule has 22 heavy (non-hydrogen) atoms. The lowest BCUT2D eigenvalue weighted by Crippen LogP contribution is -2.33. The van der Waals surface area contributed by atoms with Crippen LogP contribution in [-0.2, 0) is 33.5 Å². The fourth-order valence-electron chi connectivity index (χ4n) is 1.69. The van der Waals surface area contributed by atoms with E-state index < -0.39 is 29.7 Å². The number of esters is 1. The highest BCUT2D eigenvalue weighted by Gasteiger charge is 2.42. The van der Waals surface area contributed by atoms with Gasteiger partial charge in [-0.2, -0.15) is 0 Å². The Bertz CT molecular complexity index is 486. The van der Waals surface area contributed by atoms with Gasteiger partial charge in [0.1, 0.15) is 6.61 Å². The first-order valence-corrected chi connectivity index (χ1v) is 6.55. The number of hydrogen-bond acceptors (Lipinski definition) is 7. The summed E-state index contributed by atoms with van der Waals surface area (Å²) in [5.41, 5.74) is 0. The average molecular weight is 311 g/mol. The molecule has 1 heterocycles. The van der Waals surface area contributed by atoms with E-state index in [0.717, 1.165) is 6.08 Å². The second-order valence-corrected chi connectivity index (χ2v) is 4.33. The quantitative estimate of drug-likeness (QED) is 0.196. The first-order chi connectivity index (χ1) is 10.5. The minimum atomic E-state index is -0.927. The molecule has 1 rings (SSSR count). The van der Waals surface area contributed by atoms with Crippen molar-refractivity contribution in [3.05, 3.63) is 25.3 Å². The highest BCUT2D eigenvalue weighted by Crippen LogP contribution is 2.23. The predicted octanol–water partition coefficient (Wildman–Crippen LogP) is 0.142. The molecule has 8 nitrogen and oxygen atoms in total. The molecule has 1 atom stereocenters. The van der Waals surface area contributed by atoms with Crippen LogP contribution in [0.5, 0.6) is 0 Å². The van der Waals surface area contributed by atoms with Crippen LogP contribution in [0.4, 0.5) is 0 Å². The van der Waals surface area contributed by atoms with E-state index in [2.05, 4.69) is 18.0 Å². The number of rotatable bonds is 9. The molecule has 0 aromatic heterocycles. The van der Waals surface area contributed by atoms with Gasteiger partial charge in [-0.3, -0.25) is 14.4 Å². The van der Waals surface area contributed by atoms with E-state index in [0.29, 0.717) is 11.7 Å². The van der Waals surface area contributed by atoms with Gasteiger partial charge in [0.2, 0.25) is 0 Å². The third kappa shape index (κ3) is 5.13. The molecule has 0 spiro atoms. The Morgan fingerprint density at radius 2 is 2.00 bits per heavy atom. The number of ether oxygens (including phenoxy) is 2. The van der Waals surface area contributed by atoms with Gasteiger partial charge < -0.3 is 14.3 Å². The highest BCUT2D eigenvalue weighted by atomic mass is 16.7. The van der Waals surface area contributed by atoms with Crippen LogP contribution in [0.1, 0.15) is 12.8 Å². The van der Waals surface area contributed by atoms with Crippen LogP contribution in [0, 0.1) is 5.92 Å². The third-order valence-electron chi connectivity index (χ3n) is 2.68. The second-order valence-electron chi connectivity index (χ2n) is 4.33. The maximum atomic E-state index is 11.9. The summed E-state index contributed by atoms with van der Waals surface area (Å²) in [5, 5.41) is 0.356. The molecule has 8 heteroatoms. The number of amides is 2. The van der Waals surface area contributed by atoms with Gasteiger partial charge in [0.15, 0.2) is 0 Å². The molecule has 1 aliphatic rings. The maximum absolute atomic E-state index is 11.9. The van der Waals surface area contributed by atoms with Crippen molar-refractivity contribution in [1.82, 2.24) is 5.06 Å². The summed E-state index contributed by atoms with van der Waals surface area (Å²) in [7, 11) is 0. The Labute approximate surface area is 127 Å². The zero-order valence-electron chi connectivity index (χ0n) is 12.0. The van der Waals surface area contributed by atoms with Gasteiger partial charge >= 0.3 is 11.9 Å². The van der Waals surface area contributed by atoms with E-state index in [-0.39, 0.29) is 26.1 Å². The number of imide groups is 1. The highest BCUT2D eigenvalue weighted by molar-refractivity contribution is 6.04. The molecule has 1 saturated heterocycles. The Morgan fingerprint density at radius 3 is 2.64 bits per heavy atom. The van der Waals surface area contributed by atoms with Gasteiger partial charge in [-0.05, 0) is 0 Å². The molecule has 0 N–H and O–H groups in total. The van der Waals surface area contributed by atoms with Gasteiger partial charge in [-0.1, -0.05) is 12.7 Å². The van der Waals surface area contributed by atoms with Crippen LogP contribution < -0.4 is 0 Å². The monoisotopic (exact) mass is 311 g/mol. The molecular weight excluding hydrogens is 294 g/mol. The molecule has 1 aliphatic heterocycles. The molecule has 120 valence electrons. The Kier molecular flexibility index (Phi) is 6.97. The van der Waals surface area contributed by atoms with Crippen molar-refractivity contribution in [3.63, 3.8) is 0 Å². The van der Waals surface area contributed by atoms with Crippen molar-refractivity contribution >= 4 is 23.8 Å². The standard InChI is InChI=1S/C14H17NO7/c1-3-5-20-6-7-21-13(18)9-10-8-11(16)15(14(10)19)22-12(17)4-2/h3-4,10H,1-2,5-9H2. The lowest BCUT2D eigenvalue weighted by Gasteiger charge is -2.12. The van der Waals surface area contributed by atoms with Crippen molar-refractivity contribution in [2.75, 3.05) is 19.8 Å². The fraction of sp³-hybridized carbons (Fsp3) is 0.429. The van der Waals surface area contributed by atoms with E-state index >= 15 is 0 Å². The Morgan fingerprint density at radius 1 is 1.27 bits per heavy atom. The van der Waals surface area contributed by atoms with Crippen LogP contribution >= 0.6 is 0 Å². The molecular formula is C14H17NO7. The first-order valence-electron chi connectivity index (χ1n) is 6.55. The fourth-order valence-corrected chi connectivity index (χ4v) is 1.69. The van der Waals surface area contributed by atoms with Gasteiger partial charge in [0, 0.05) is 12.5 Å². The van der Waals surface area contributed by atoms with Crippen molar-refractivity contribution in [2.45, 2.75) is 12.8 Å². The SMILES string of the molecule is C=CCOCCOC(=O)CC1CC(=O)N(OC(=O)C=C)C1=O. The van der Waals surface area contributed by atoms with Crippen LogP contribution in [0.2, 0.25) is 0 Å². The summed E-state index contributed by atoms with van der Waals surface area (Å²) in [6, 6.07) is 0. The smallest absolute Gasteiger partial charge is 0.356 e. The molecule has 0 aliphatic carbocycles. The molecule has 0 radical (unpaired) electrons. The summed E-state index contributed by atoms with van der Waals surface area (Å²) in [5.74, 6) is -3.89. The lowest BCUT2D eigenvalue weighted by atomic mass is 10.0. The molecule has 0 bridgehead atoms. The summed E-state index contributed by atoms with van der Waals surface area (Å²) in [4.78, 5) is 50.5. The zero-order chi connectivity index (χ0) is 16.5. The average Bonchev–Trinajstić information content (AvgIpc) is 2.74. The summed E-state index contributed by atoms with van der Waals surface area (Å²) < 4.78 is 9.89. The number of carbonyl (C=O) groups is 4. The van der Waals surface area contributed by atoms with Gasteiger partial charge in [0.05, 0.1) is 25.6 Å². The largest absolute Gasteiger partial charge is 0.463 e. The zero-order valence-corrected chi connectivity index (χ0v) is 12.0. The number of hydroxylamine groups is 2. The Balaban J connectivity index is 2.40. The molecule has 2 amide bonds. The molecule has 1 fully saturated rings. The number of nitrogens with zero attached hydrogens (tertiary/aromatic N) is 1. The van der Waals surface area contributed by atoms with Gasteiger partial charge in [-0.15, -0.1) is 11.6 Å². The minimum Gasteiger partial charge on any atom is -0.463 e. The van der Waals surface area contributed by atoms with Crippen LogP contribution in [0.3, 0.4) is 0 Å². The van der Waals surface area contributed by atoms with E-state index in [1.165, 1.54) is 0 Å². The van der Waals surface area contributed by atoms with Crippen molar-refractivity contribution in [3.8, 4) is 0 Å².